The summed E-state index contributed by atoms with van der Waals surface area (Å²) in [6.07, 6.45) is 8.21. The van der Waals surface area contributed by atoms with Crippen LogP contribution < -0.4 is 4.90 Å². The van der Waals surface area contributed by atoms with Crippen LogP contribution >= 0.6 is 0 Å². The van der Waals surface area contributed by atoms with E-state index in [1.807, 2.05) is 16.7 Å². The van der Waals surface area contributed by atoms with Gasteiger partial charge in [-0.15, -0.1) is 0 Å². The van der Waals surface area contributed by atoms with Crippen LogP contribution in [0.1, 0.15) is 12.2 Å². The zero-order chi connectivity index (χ0) is 18.3. The molecule has 0 aromatic carbocycles. The molecule has 1 fully saturated rings. The maximum absolute atomic E-state index is 9.72. The molecule has 5 rings (SSSR count). The Morgan fingerprint density at radius 3 is 2.89 bits per heavy atom. The zero-order valence-electron chi connectivity index (χ0n) is 14.9. The molecule has 0 spiro atoms. The Balaban J connectivity index is 1.45. The molecule has 1 N–H and O–H groups in total. The molecule has 3 aromatic rings. The van der Waals surface area contributed by atoms with Gasteiger partial charge in [0.2, 0.25) is 0 Å². The van der Waals surface area contributed by atoms with E-state index in [1.54, 1.807) is 18.9 Å². The van der Waals surface area contributed by atoms with Crippen molar-refractivity contribution in [3.63, 3.8) is 0 Å². The maximum atomic E-state index is 9.72. The Hall–Kier alpha value is -2.71. The molecule has 3 aromatic heterocycles. The first-order chi connectivity index (χ1) is 13.3. The van der Waals surface area contributed by atoms with E-state index in [-0.39, 0.29) is 12.0 Å². The molecule has 8 nitrogen and oxygen atoms in total. The molecule has 27 heavy (non-hydrogen) atoms. The minimum atomic E-state index is -0.237. The maximum Gasteiger partial charge on any atom is 0.165 e. The Morgan fingerprint density at radius 2 is 2.15 bits per heavy atom. The van der Waals surface area contributed by atoms with Gasteiger partial charge in [0.05, 0.1) is 37.8 Å². The first kappa shape index (κ1) is 16.5. The summed E-state index contributed by atoms with van der Waals surface area (Å²) in [5.74, 6) is 1.73. The van der Waals surface area contributed by atoms with Crippen molar-refractivity contribution in [3.8, 4) is 0 Å². The lowest BCUT2D eigenvalue weighted by molar-refractivity contribution is -0.144. The van der Waals surface area contributed by atoms with Crippen LogP contribution in [0.5, 0.6) is 0 Å². The van der Waals surface area contributed by atoms with Gasteiger partial charge in [0.25, 0.3) is 0 Å². The standard InChI is InChI=1S/C19H21N5O3/c25-9-19(10-26-11-19)8-24-13-22-16-17(20-12-21-18(16)24)23-5-1-3-14(7-23)15-4-2-6-27-15/h2-4,6,12-13,25H,1,5,7-11H2. The topological polar surface area (TPSA) is 89.4 Å². The zero-order valence-corrected chi connectivity index (χ0v) is 14.9. The van der Waals surface area contributed by atoms with E-state index in [9.17, 15) is 5.11 Å². The average molecular weight is 367 g/mol. The normalized spacial score (nSPS) is 19.1. The fourth-order valence-corrected chi connectivity index (χ4v) is 3.76. The van der Waals surface area contributed by atoms with Gasteiger partial charge in [0, 0.05) is 25.2 Å². The molecule has 0 atom stereocenters. The number of aromatic nitrogens is 4. The second-order valence-electron chi connectivity index (χ2n) is 7.31. The molecule has 0 amide bonds. The number of fused-ring (bicyclic) bond motifs is 1. The van der Waals surface area contributed by atoms with Gasteiger partial charge in [-0.1, -0.05) is 6.08 Å². The van der Waals surface area contributed by atoms with Crippen molar-refractivity contribution in [1.82, 2.24) is 19.5 Å². The largest absolute Gasteiger partial charge is 0.465 e. The molecule has 5 heterocycles. The van der Waals surface area contributed by atoms with Gasteiger partial charge < -0.3 is 23.7 Å². The SMILES string of the molecule is OCC1(Cn2cnc3c(N4CCC=C(c5ccco5)C4)ncnc32)COC1. The fourth-order valence-electron chi connectivity index (χ4n) is 3.76. The van der Waals surface area contributed by atoms with E-state index in [0.717, 1.165) is 47.8 Å². The summed E-state index contributed by atoms with van der Waals surface area (Å²) in [6.45, 7) is 3.44. The second kappa shape index (κ2) is 6.47. The van der Waals surface area contributed by atoms with Crippen molar-refractivity contribution in [2.24, 2.45) is 5.41 Å². The predicted molar refractivity (Wildman–Crippen MR) is 99.2 cm³/mol. The van der Waals surface area contributed by atoms with Crippen molar-refractivity contribution in [1.29, 1.82) is 0 Å². The fraction of sp³-hybridized carbons (Fsp3) is 0.421. The molecule has 140 valence electrons. The summed E-state index contributed by atoms with van der Waals surface area (Å²) in [5, 5.41) is 9.72. The second-order valence-corrected chi connectivity index (χ2v) is 7.31. The van der Waals surface area contributed by atoms with Crippen LogP contribution in [-0.2, 0) is 11.3 Å². The number of nitrogens with zero attached hydrogens (tertiary/aromatic N) is 5. The number of aliphatic hydroxyl groups excluding tert-OH is 1. The van der Waals surface area contributed by atoms with E-state index in [0.29, 0.717) is 19.8 Å². The summed E-state index contributed by atoms with van der Waals surface area (Å²) >= 11 is 0. The van der Waals surface area contributed by atoms with Gasteiger partial charge in [0.15, 0.2) is 17.0 Å². The van der Waals surface area contributed by atoms with E-state index in [1.165, 1.54) is 0 Å². The van der Waals surface area contributed by atoms with E-state index in [4.69, 9.17) is 9.15 Å². The monoisotopic (exact) mass is 367 g/mol. The Morgan fingerprint density at radius 1 is 1.22 bits per heavy atom. The smallest absolute Gasteiger partial charge is 0.165 e. The van der Waals surface area contributed by atoms with Crippen LogP contribution in [0.25, 0.3) is 16.7 Å². The first-order valence-electron chi connectivity index (χ1n) is 9.10. The molecule has 1 saturated heterocycles. The number of rotatable bonds is 5. The van der Waals surface area contributed by atoms with E-state index < -0.39 is 0 Å². The quantitative estimate of drug-likeness (QED) is 0.734. The third-order valence-electron chi connectivity index (χ3n) is 5.33. The van der Waals surface area contributed by atoms with Crippen molar-refractivity contribution in [3.05, 3.63) is 42.9 Å². The predicted octanol–water partition coefficient (Wildman–Crippen LogP) is 1.72. The number of imidazole rings is 1. The highest BCUT2D eigenvalue weighted by Crippen LogP contribution is 2.32. The molecule has 0 saturated carbocycles. The van der Waals surface area contributed by atoms with Crippen LogP contribution in [0.15, 0.2) is 41.5 Å². The van der Waals surface area contributed by atoms with Crippen LogP contribution in [-0.4, -0.2) is 57.5 Å². The summed E-state index contributed by atoms with van der Waals surface area (Å²) in [6, 6.07) is 3.88. The molecule has 2 aliphatic rings. The van der Waals surface area contributed by atoms with Crippen LogP contribution in [0, 0.1) is 5.41 Å². The molecule has 0 radical (unpaired) electrons. The number of hydrogen-bond acceptors (Lipinski definition) is 7. The third kappa shape index (κ3) is 2.81. The highest BCUT2D eigenvalue weighted by atomic mass is 16.5. The lowest BCUT2D eigenvalue weighted by atomic mass is 9.87. The van der Waals surface area contributed by atoms with Crippen LogP contribution in [0.2, 0.25) is 0 Å². The minimum Gasteiger partial charge on any atom is -0.465 e. The molecule has 2 aliphatic heterocycles. The average Bonchev–Trinajstić information content (AvgIpc) is 3.35. The highest BCUT2D eigenvalue weighted by Gasteiger charge is 2.39. The summed E-state index contributed by atoms with van der Waals surface area (Å²) in [5.41, 5.74) is 2.49. The van der Waals surface area contributed by atoms with Crippen molar-refractivity contribution in [2.45, 2.75) is 13.0 Å². The van der Waals surface area contributed by atoms with Gasteiger partial charge in [-0.2, -0.15) is 0 Å². The first-order valence-corrected chi connectivity index (χ1v) is 9.10. The van der Waals surface area contributed by atoms with E-state index >= 15 is 0 Å². The molecule has 0 unspecified atom stereocenters. The number of hydrogen-bond donors (Lipinski definition) is 1. The molecular formula is C19H21N5O3. The van der Waals surface area contributed by atoms with E-state index in [2.05, 4.69) is 25.9 Å². The number of furan rings is 1. The Bertz CT molecular complexity index is 969. The molecular weight excluding hydrogens is 346 g/mol. The lowest BCUT2D eigenvalue weighted by Crippen LogP contribution is -2.48. The van der Waals surface area contributed by atoms with Crippen LogP contribution in [0.4, 0.5) is 5.82 Å². The van der Waals surface area contributed by atoms with Gasteiger partial charge in [0.1, 0.15) is 12.1 Å². The Kier molecular flexibility index (Phi) is 3.95. The van der Waals surface area contributed by atoms with Crippen molar-refractivity contribution in [2.75, 3.05) is 37.8 Å². The lowest BCUT2D eigenvalue weighted by Gasteiger charge is -2.39. The van der Waals surface area contributed by atoms with Gasteiger partial charge in [-0.05, 0) is 18.6 Å². The molecule has 8 heteroatoms. The summed E-state index contributed by atoms with van der Waals surface area (Å²) < 4.78 is 12.9. The highest BCUT2D eigenvalue weighted by molar-refractivity contribution is 5.84. The summed E-state index contributed by atoms with van der Waals surface area (Å²) in [7, 11) is 0. The van der Waals surface area contributed by atoms with Crippen molar-refractivity contribution >= 4 is 22.6 Å². The van der Waals surface area contributed by atoms with Gasteiger partial charge in [-0.3, -0.25) is 0 Å². The molecule has 0 aliphatic carbocycles. The molecule has 0 bridgehead atoms. The summed E-state index contributed by atoms with van der Waals surface area (Å²) in [4.78, 5) is 15.8. The van der Waals surface area contributed by atoms with Gasteiger partial charge >= 0.3 is 0 Å². The number of ether oxygens (including phenoxy) is 1. The third-order valence-corrected chi connectivity index (χ3v) is 5.33. The number of aliphatic hydroxyl groups is 1. The number of anilines is 1. The Labute approximate surface area is 156 Å². The minimum absolute atomic E-state index is 0.0913. The van der Waals surface area contributed by atoms with Gasteiger partial charge in [-0.25, -0.2) is 15.0 Å². The van der Waals surface area contributed by atoms with Crippen molar-refractivity contribution < 1.29 is 14.3 Å². The van der Waals surface area contributed by atoms with Crippen LogP contribution in [0.3, 0.4) is 0 Å².